The Morgan fingerprint density at radius 1 is 1.28 bits per heavy atom. The Labute approximate surface area is 158 Å². The lowest BCUT2D eigenvalue weighted by Gasteiger charge is -2.33. The van der Waals surface area contributed by atoms with E-state index in [0.717, 1.165) is 50.0 Å². The molecule has 0 saturated carbocycles. The largest absolute Gasteiger partial charge is 0.368 e. The summed E-state index contributed by atoms with van der Waals surface area (Å²) in [7, 11) is 6.15. The number of unbranched alkanes of at least 4 members (excludes halogenated alkanes) is 1. The SMILES string of the molecule is CN1CCN(c2ccc(NC(=O)CCCCC3CCSS3)nc2)CC1. The molecule has 0 radical (unpaired) electrons. The number of anilines is 2. The average Bonchev–Trinajstić information content (AvgIpc) is 3.14. The van der Waals surface area contributed by atoms with Gasteiger partial charge in [-0.15, -0.1) is 0 Å². The molecule has 2 saturated heterocycles. The highest BCUT2D eigenvalue weighted by atomic mass is 33.1. The van der Waals surface area contributed by atoms with Gasteiger partial charge >= 0.3 is 0 Å². The second-order valence-electron chi connectivity index (χ2n) is 6.81. The molecule has 1 atom stereocenters. The van der Waals surface area contributed by atoms with Gasteiger partial charge in [0.1, 0.15) is 5.82 Å². The Morgan fingerprint density at radius 2 is 2.12 bits per heavy atom. The van der Waals surface area contributed by atoms with Crippen LogP contribution in [0.25, 0.3) is 0 Å². The fourth-order valence-corrected chi connectivity index (χ4v) is 6.17. The predicted octanol–water partition coefficient (Wildman–Crippen LogP) is 3.49. The highest BCUT2D eigenvalue weighted by Gasteiger charge is 2.16. The summed E-state index contributed by atoms with van der Waals surface area (Å²) in [5.41, 5.74) is 1.14. The van der Waals surface area contributed by atoms with E-state index in [2.05, 4.69) is 33.2 Å². The number of rotatable bonds is 7. The van der Waals surface area contributed by atoms with Crippen molar-refractivity contribution in [1.82, 2.24) is 9.88 Å². The minimum atomic E-state index is 0.0771. The van der Waals surface area contributed by atoms with E-state index in [-0.39, 0.29) is 5.91 Å². The van der Waals surface area contributed by atoms with Crippen LogP contribution in [0.1, 0.15) is 32.1 Å². The molecule has 7 heteroatoms. The van der Waals surface area contributed by atoms with Gasteiger partial charge < -0.3 is 15.1 Å². The van der Waals surface area contributed by atoms with E-state index in [1.807, 2.05) is 33.9 Å². The van der Waals surface area contributed by atoms with Gasteiger partial charge in [-0.1, -0.05) is 28.0 Å². The van der Waals surface area contributed by atoms with Crippen molar-refractivity contribution < 1.29 is 4.79 Å². The standard InChI is InChI=1S/C18H28N4OS2/c1-21-9-11-22(12-10-21)15-6-7-17(19-14-15)20-18(23)5-3-2-4-16-8-13-24-25-16/h6-7,14,16H,2-5,8-13H2,1H3,(H,19,20,23). The zero-order chi connectivity index (χ0) is 17.5. The monoisotopic (exact) mass is 380 g/mol. The van der Waals surface area contributed by atoms with Crippen molar-refractivity contribution in [2.75, 3.05) is 49.2 Å². The lowest BCUT2D eigenvalue weighted by atomic mass is 10.1. The summed E-state index contributed by atoms with van der Waals surface area (Å²) in [5.74, 6) is 2.02. The number of likely N-dealkylation sites (N-methyl/N-ethyl adjacent to an activating group) is 1. The number of nitrogens with one attached hydrogen (secondary N) is 1. The molecule has 0 aromatic carbocycles. The number of amides is 1. The lowest BCUT2D eigenvalue weighted by molar-refractivity contribution is -0.116. The summed E-state index contributed by atoms with van der Waals surface area (Å²) < 4.78 is 0. The highest BCUT2D eigenvalue weighted by molar-refractivity contribution is 8.77. The van der Waals surface area contributed by atoms with Crippen molar-refractivity contribution in [3.63, 3.8) is 0 Å². The third kappa shape index (κ3) is 6.08. The minimum Gasteiger partial charge on any atom is -0.368 e. The van der Waals surface area contributed by atoms with Crippen molar-refractivity contribution in [3.8, 4) is 0 Å². The summed E-state index contributed by atoms with van der Waals surface area (Å²) in [5, 5.41) is 3.72. The van der Waals surface area contributed by atoms with Crippen LogP contribution in [0.15, 0.2) is 18.3 Å². The van der Waals surface area contributed by atoms with Crippen molar-refractivity contribution in [2.45, 2.75) is 37.4 Å². The van der Waals surface area contributed by atoms with Crippen LogP contribution < -0.4 is 10.2 Å². The molecule has 5 nitrogen and oxygen atoms in total. The number of hydrogen-bond donors (Lipinski definition) is 1. The summed E-state index contributed by atoms with van der Waals surface area (Å²) in [6.07, 6.45) is 7.13. The normalized spacial score (nSPS) is 21.5. The number of pyridine rings is 1. The van der Waals surface area contributed by atoms with Gasteiger partial charge in [0.2, 0.25) is 5.91 Å². The van der Waals surface area contributed by atoms with E-state index in [4.69, 9.17) is 0 Å². The van der Waals surface area contributed by atoms with E-state index >= 15 is 0 Å². The molecule has 1 aromatic rings. The van der Waals surface area contributed by atoms with Crippen molar-refractivity contribution >= 4 is 39.0 Å². The zero-order valence-corrected chi connectivity index (χ0v) is 16.6. The minimum absolute atomic E-state index is 0.0771. The third-order valence-corrected chi connectivity index (χ3v) is 7.80. The molecule has 3 heterocycles. The Morgan fingerprint density at radius 3 is 2.80 bits per heavy atom. The van der Waals surface area contributed by atoms with Gasteiger partial charge in [-0.2, -0.15) is 0 Å². The van der Waals surface area contributed by atoms with Gasteiger partial charge in [0, 0.05) is 43.6 Å². The first-order valence-electron chi connectivity index (χ1n) is 9.18. The van der Waals surface area contributed by atoms with Gasteiger partial charge in [-0.05, 0) is 38.4 Å². The topological polar surface area (TPSA) is 48.5 Å². The molecule has 138 valence electrons. The van der Waals surface area contributed by atoms with Crippen LogP contribution in [0.3, 0.4) is 0 Å². The molecule has 0 bridgehead atoms. The quantitative estimate of drug-likeness (QED) is 0.577. The molecular formula is C18H28N4OS2. The molecule has 1 N–H and O–H groups in total. The highest BCUT2D eigenvalue weighted by Crippen LogP contribution is 2.39. The number of nitrogens with zero attached hydrogens (tertiary/aromatic N) is 3. The van der Waals surface area contributed by atoms with E-state index < -0.39 is 0 Å². The molecule has 0 aliphatic carbocycles. The van der Waals surface area contributed by atoms with Crippen LogP contribution >= 0.6 is 21.6 Å². The summed E-state index contributed by atoms with van der Waals surface area (Å²) in [6.45, 7) is 4.22. The Kier molecular flexibility index (Phi) is 7.31. The second kappa shape index (κ2) is 9.69. The van der Waals surface area contributed by atoms with Gasteiger partial charge in [-0.25, -0.2) is 4.98 Å². The molecular weight excluding hydrogens is 352 g/mol. The predicted molar refractivity (Wildman–Crippen MR) is 109 cm³/mol. The fraction of sp³-hybridized carbons (Fsp3) is 0.667. The van der Waals surface area contributed by atoms with Crippen molar-refractivity contribution in [2.24, 2.45) is 0 Å². The fourth-order valence-electron chi connectivity index (χ4n) is 3.14. The number of hydrogen-bond acceptors (Lipinski definition) is 6. The van der Waals surface area contributed by atoms with Crippen molar-refractivity contribution in [1.29, 1.82) is 0 Å². The average molecular weight is 381 g/mol. The number of piperazine rings is 1. The van der Waals surface area contributed by atoms with Crippen LogP contribution in [0.4, 0.5) is 11.5 Å². The van der Waals surface area contributed by atoms with Crippen LogP contribution in [-0.4, -0.2) is 60.0 Å². The molecule has 2 fully saturated rings. The Hall–Kier alpha value is -0.920. The molecule has 2 aliphatic rings. The maximum absolute atomic E-state index is 12.1. The van der Waals surface area contributed by atoms with Crippen LogP contribution in [0.5, 0.6) is 0 Å². The first-order chi connectivity index (χ1) is 12.2. The van der Waals surface area contributed by atoms with E-state index in [1.54, 1.807) is 0 Å². The molecule has 3 rings (SSSR count). The van der Waals surface area contributed by atoms with Crippen LogP contribution in [0.2, 0.25) is 0 Å². The summed E-state index contributed by atoms with van der Waals surface area (Å²) in [4.78, 5) is 21.1. The molecule has 0 spiro atoms. The van der Waals surface area contributed by atoms with Gasteiger partial charge in [-0.3, -0.25) is 4.79 Å². The van der Waals surface area contributed by atoms with Crippen molar-refractivity contribution in [3.05, 3.63) is 18.3 Å². The first-order valence-corrected chi connectivity index (χ1v) is 11.6. The molecule has 1 amide bonds. The maximum Gasteiger partial charge on any atom is 0.225 e. The number of carbonyl (C=O) groups excluding carboxylic acids is 1. The lowest BCUT2D eigenvalue weighted by Crippen LogP contribution is -2.44. The number of carbonyl (C=O) groups is 1. The smallest absolute Gasteiger partial charge is 0.225 e. The number of aromatic nitrogens is 1. The van der Waals surface area contributed by atoms with E-state index in [1.165, 1.54) is 18.6 Å². The van der Waals surface area contributed by atoms with Gasteiger partial charge in [0.15, 0.2) is 0 Å². The Bertz CT molecular complexity index is 541. The Balaban J connectivity index is 1.36. The second-order valence-corrected chi connectivity index (χ2v) is 9.60. The first kappa shape index (κ1) is 18.9. The summed E-state index contributed by atoms with van der Waals surface area (Å²) in [6, 6.07) is 3.97. The van der Waals surface area contributed by atoms with Gasteiger partial charge in [0.05, 0.1) is 11.9 Å². The van der Waals surface area contributed by atoms with Crippen LogP contribution in [-0.2, 0) is 4.79 Å². The van der Waals surface area contributed by atoms with Crippen LogP contribution in [0, 0.1) is 0 Å². The summed E-state index contributed by atoms with van der Waals surface area (Å²) >= 11 is 0. The van der Waals surface area contributed by atoms with E-state index in [9.17, 15) is 4.79 Å². The molecule has 2 aliphatic heterocycles. The third-order valence-electron chi connectivity index (χ3n) is 4.79. The molecule has 25 heavy (non-hydrogen) atoms. The zero-order valence-electron chi connectivity index (χ0n) is 14.9. The molecule has 1 unspecified atom stereocenters. The van der Waals surface area contributed by atoms with E-state index in [0.29, 0.717) is 12.2 Å². The molecule has 1 aromatic heterocycles. The van der Waals surface area contributed by atoms with Gasteiger partial charge in [0.25, 0.3) is 0 Å². The maximum atomic E-state index is 12.1.